The lowest BCUT2D eigenvalue weighted by Crippen LogP contribution is -2.47. The minimum absolute atomic E-state index is 0.0182. The van der Waals surface area contributed by atoms with Crippen LogP contribution in [0, 0.1) is 5.92 Å². The Bertz CT molecular complexity index is 1400. The van der Waals surface area contributed by atoms with Crippen LogP contribution in [0.25, 0.3) is 0 Å². The molecule has 6 unspecified atom stereocenters. The molecule has 2 aliphatic heterocycles. The largest absolute Gasteiger partial charge is 0.467 e. The Morgan fingerprint density at radius 1 is 0.935 bits per heavy atom. The molecule has 246 valence electrons. The molecule has 0 bridgehead atoms. The Balaban J connectivity index is 1.24. The minimum atomic E-state index is -0.813. The molecule has 0 aliphatic carbocycles. The average molecular weight is 632 g/mol. The van der Waals surface area contributed by atoms with E-state index in [1.54, 1.807) is 0 Å². The number of benzene rings is 3. The van der Waals surface area contributed by atoms with Gasteiger partial charge in [-0.3, -0.25) is 4.90 Å². The second-order valence-corrected chi connectivity index (χ2v) is 12.1. The molecule has 10 nitrogen and oxygen atoms in total. The van der Waals surface area contributed by atoms with Crippen LogP contribution in [0.4, 0.5) is 4.79 Å². The summed E-state index contributed by atoms with van der Waals surface area (Å²) in [5, 5.41) is 25.0. The first-order valence-corrected chi connectivity index (χ1v) is 16.0. The highest BCUT2D eigenvalue weighted by atomic mass is 16.7. The number of nitrogens with one attached hydrogen (secondary N) is 2. The van der Waals surface area contributed by atoms with Crippen molar-refractivity contribution in [3.63, 3.8) is 0 Å². The van der Waals surface area contributed by atoms with E-state index in [2.05, 4.69) is 22.5 Å². The summed E-state index contributed by atoms with van der Waals surface area (Å²) in [6.07, 6.45) is 1.40. The fourth-order valence-corrected chi connectivity index (χ4v) is 6.27. The summed E-state index contributed by atoms with van der Waals surface area (Å²) >= 11 is 0. The van der Waals surface area contributed by atoms with Gasteiger partial charge < -0.3 is 35.1 Å². The number of hydrogen-bond acceptors (Lipinski definition) is 8. The van der Waals surface area contributed by atoms with Crippen LogP contribution in [0.5, 0.6) is 0 Å². The molecule has 10 heteroatoms. The molecule has 6 atom stereocenters. The normalized spacial score (nSPS) is 23.9. The van der Waals surface area contributed by atoms with Crippen molar-refractivity contribution in [2.75, 3.05) is 26.8 Å². The van der Waals surface area contributed by atoms with E-state index in [9.17, 15) is 19.8 Å². The van der Waals surface area contributed by atoms with Crippen LogP contribution in [0.2, 0.25) is 0 Å². The molecule has 4 N–H and O–H groups in total. The number of nitrogens with zero attached hydrogens (tertiary/aromatic N) is 1. The van der Waals surface area contributed by atoms with Gasteiger partial charge in [-0.15, -0.1) is 0 Å². The quantitative estimate of drug-likeness (QED) is 0.221. The number of amides is 2. The average Bonchev–Trinajstić information content (AvgIpc) is 3.55. The molecule has 0 spiro atoms. The van der Waals surface area contributed by atoms with E-state index in [0.29, 0.717) is 13.0 Å². The van der Waals surface area contributed by atoms with E-state index in [4.69, 9.17) is 14.2 Å². The summed E-state index contributed by atoms with van der Waals surface area (Å²) in [6.45, 7) is 4.15. The highest BCUT2D eigenvalue weighted by Crippen LogP contribution is 2.42. The Labute approximate surface area is 270 Å². The Morgan fingerprint density at radius 2 is 1.63 bits per heavy atom. The molecule has 2 amide bonds. The van der Waals surface area contributed by atoms with Crippen molar-refractivity contribution < 1.29 is 34.0 Å². The van der Waals surface area contributed by atoms with Gasteiger partial charge in [0.2, 0.25) is 0 Å². The zero-order valence-electron chi connectivity index (χ0n) is 26.5. The fourth-order valence-electron chi connectivity index (χ4n) is 6.27. The number of methoxy groups -OCH3 is 1. The van der Waals surface area contributed by atoms with E-state index in [-0.39, 0.29) is 43.9 Å². The molecule has 2 saturated heterocycles. The standard InChI is InChI=1S/C36H45N3O7/c1-24-32(21-39-18-6-9-30(39)23-41)45-35(46-33(24)28-14-12-27(22-40)13-15-28)29-16-10-26(11-17-29)20-37-36(43)38-31(34(42)44-2)19-25-7-4-3-5-8-25/h3-5,7-8,10-17,24,30-33,35,40-41H,6,9,18-23H2,1-2H3,(H2,37,38,43). The van der Waals surface area contributed by atoms with Crippen molar-refractivity contribution >= 4 is 12.0 Å². The van der Waals surface area contributed by atoms with Gasteiger partial charge in [0.15, 0.2) is 6.29 Å². The Hall–Kier alpha value is -3.80. The predicted octanol–water partition coefficient (Wildman–Crippen LogP) is 4.01. The summed E-state index contributed by atoms with van der Waals surface area (Å²) in [7, 11) is 1.30. The van der Waals surface area contributed by atoms with Crippen LogP contribution in [0.1, 0.15) is 60.0 Å². The maximum Gasteiger partial charge on any atom is 0.328 e. The number of carbonyl (C=O) groups is 2. The third-order valence-corrected chi connectivity index (χ3v) is 9.03. The molecule has 5 rings (SSSR count). The lowest BCUT2D eigenvalue weighted by atomic mass is 9.90. The minimum Gasteiger partial charge on any atom is -0.467 e. The summed E-state index contributed by atoms with van der Waals surface area (Å²) in [5.41, 5.74) is 4.50. The number of esters is 1. The number of likely N-dealkylation sites (tertiary alicyclic amines) is 1. The van der Waals surface area contributed by atoms with Crippen LogP contribution in [0.3, 0.4) is 0 Å². The number of aliphatic hydroxyl groups excluding tert-OH is 2. The summed E-state index contributed by atoms with van der Waals surface area (Å²) < 4.78 is 18.1. The van der Waals surface area contributed by atoms with Crippen LogP contribution >= 0.6 is 0 Å². The smallest absolute Gasteiger partial charge is 0.328 e. The fraction of sp³-hybridized carbons (Fsp3) is 0.444. The molecule has 3 aromatic carbocycles. The van der Waals surface area contributed by atoms with Crippen molar-refractivity contribution in [1.29, 1.82) is 0 Å². The Morgan fingerprint density at radius 3 is 2.30 bits per heavy atom. The number of hydrogen-bond donors (Lipinski definition) is 4. The van der Waals surface area contributed by atoms with Crippen molar-refractivity contribution in [2.45, 2.75) is 69.9 Å². The lowest BCUT2D eigenvalue weighted by Gasteiger charge is -2.43. The zero-order valence-corrected chi connectivity index (χ0v) is 26.5. The topological polar surface area (TPSA) is 130 Å². The van der Waals surface area contributed by atoms with Crippen molar-refractivity contribution in [3.8, 4) is 0 Å². The summed E-state index contributed by atoms with van der Waals surface area (Å²) in [6, 6.07) is 23.9. The monoisotopic (exact) mass is 631 g/mol. The maximum absolute atomic E-state index is 12.7. The van der Waals surface area contributed by atoms with E-state index >= 15 is 0 Å². The molecular weight excluding hydrogens is 586 g/mol. The number of carbonyl (C=O) groups excluding carboxylic acids is 2. The van der Waals surface area contributed by atoms with Gasteiger partial charge >= 0.3 is 12.0 Å². The third-order valence-electron chi connectivity index (χ3n) is 9.03. The first kappa shape index (κ1) is 33.6. The van der Waals surface area contributed by atoms with Crippen molar-refractivity contribution in [1.82, 2.24) is 15.5 Å². The van der Waals surface area contributed by atoms with Crippen molar-refractivity contribution in [3.05, 3.63) is 107 Å². The Kier molecular flexibility index (Phi) is 11.8. The SMILES string of the molecule is COC(=O)C(Cc1ccccc1)NC(=O)NCc1ccc(C2OC(CN3CCCC3CO)C(C)C(c3ccc(CO)cc3)O2)cc1. The first-order valence-electron chi connectivity index (χ1n) is 16.0. The second kappa shape index (κ2) is 16.2. The van der Waals surface area contributed by atoms with Gasteiger partial charge in [0.05, 0.1) is 32.5 Å². The zero-order chi connectivity index (χ0) is 32.5. The number of rotatable bonds is 12. The molecule has 2 aliphatic rings. The number of urea groups is 1. The predicted molar refractivity (Wildman–Crippen MR) is 172 cm³/mol. The molecule has 2 fully saturated rings. The van der Waals surface area contributed by atoms with E-state index < -0.39 is 24.3 Å². The van der Waals surface area contributed by atoms with Crippen LogP contribution in [0.15, 0.2) is 78.9 Å². The third kappa shape index (κ3) is 8.51. The van der Waals surface area contributed by atoms with Crippen LogP contribution < -0.4 is 10.6 Å². The van der Waals surface area contributed by atoms with Gasteiger partial charge in [0.25, 0.3) is 0 Å². The molecule has 0 saturated carbocycles. The molecule has 3 aromatic rings. The molecule has 0 radical (unpaired) electrons. The highest BCUT2D eigenvalue weighted by Gasteiger charge is 2.40. The van der Waals surface area contributed by atoms with Gasteiger partial charge in [-0.05, 0) is 41.6 Å². The molecular formula is C36H45N3O7. The highest BCUT2D eigenvalue weighted by molar-refractivity contribution is 5.83. The lowest BCUT2D eigenvalue weighted by molar-refractivity contribution is -0.276. The van der Waals surface area contributed by atoms with Gasteiger partial charge in [-0.2, -0.15) is 0 Å². The van der Waals surface area contributed by atoms with Gasteiger partial charge in [0.1, 0.15) is 6.04 Å². The van der Waals surface area contributed by atoms with Crippen LogP contribution in [-0.2, 0) is 38.6 Å². The number of aliphatic hydroxyl groups is 2. The van der Waals surface area contributed by atoms with E-state index in [1.165, 1.54) is 7.11 Å². The molecule has 46 heavy (non-hydrogen) atoms. The second-order valence-electron chi connectivity index (χ2n) is 12.1. The molecule has 2 heterocycles. The van der Waals surface area contributed by atoms with Crippen LogP contribution in [-0.4, -0.2) is 72.1 Å². The maximum atomic E-state index is 12.7. The number of ether oxygens (including phenoxy) is 3. The molecule has 0 aromatic heterocycles. The van der Waals surface area contributed by atoms with E-state index in [1.807, 2.05) is 78.9 Å². The van der Waals surface area contributed by atoms with Gasteiger partial charge in [-0.25, -0.2) is 9.59 Å². The summed E-state index contributed by atoms with van der Waals surface area (Å²) in [4.78, 5) is 27.3. The summed E-state index contributed by atoms with van der Waals surface area (Å²) in [5.74, 6) is -0.462. The van der Waals surface area contributed by atoms with E-state index in [0.717, 1.165) is 47.2 Å². The first-order chi connectivity index (χ1) is 22.4. The van der Waals surface area contributed by atoms with Gasteiger partial charge in [0, 0.05) is 37.0 Å². The van der Waals surface area contributed by atoms with Crippen molar-refractivity contribution in [2.24, 2.45) is 5.92 Å². The van der Waals surface area contributed by atoms with Gasteiger partial charge in [-0.1, -0.05) is 85.8 Å².